The number of ether oxygens (including phenoxy) is 3. The molecule has 2 saturated heterocycles. The molecular formula is C17H25NO5S. The molecule has 6 nitrogen and oxygen atoms in total. The van der Waals surface area contributed by atoms with Gasteiger partial charge in [-0.15, -0.1) is 0 Å². The van der Waals surface area contributed by atoms with Crippen LogP contribution in [0.4, 0.5) is 0 Å². The second kappa shape index (κ2) is 7.09. The zero-order valence-electron chi connectivity index (χ0n) is 14.2. The van der Waals surface area contributed by atoms with Crippen molar-refractivity contribution >= 4 is 10.0 Å². The highest BCUT2D eigenvalue weighted by atomic mass is 32.2. The fraction of sp³-hybridized carbons (Fsp3) is 0.647. The molecule has 1 aromatic rings. The van der Waals surface area contributed by atoms with E-state index in [1.54, 1.807) is 22.5 Å². The summed E-state index contributed by atoms with van der Waals surface area (Å²) >= 11 is 0. The Morgan fingerprint density at radius 2 is 2.21 bits per heavy atom. The Hall–Kier alpha value is -0.990. The van der Waals surface area contributed by atoms with Gasteiger partial charge in [-0.05, 0) is 38.0 Å². The van der Waals surface area contributed by atoms with Gasteiger partial charge in [-0.2, -0.15) is 4.31 Å². The third-order valence-corrected chi connectivity index (χ3v) is 6.62. The molecule has 3 rings (SSSR count). The normalized spacial score (nSPS) is 28.5. The lowest BCUT2D eigenvalue weighted by atomic mass is 9.96. The van der Waals surface area contributed by atoms with E-state index in [1.807, 2.05) is 19.9 Å². The summed E-state index contributed by atoms with van der Waals surface area (Å²) in [7, 11) is -3.59. The monoisotopic (exact) mass is 355 g/mol. The van der Waals surface area contributed by atoms with Gasteiger partial charge in [0.05, 0.1) is 43.0 Å². The minimum atomic E-state index is -3.59. The van der Waals surface area contributed by atoms with Crippen LogP contribution in [0.3, 0.4) is 0 Å². The zero-order valence-corrected chi connectivity index (χ0v) is 15.0. The quantitative estimate of drug-likeness (QED) is 0.802. The molecule has 0 amide bonds. The van der Waals surface area contributed by atoms with E-state index in [2.05, 4.69) is 0 Å². The molecule has 134 valence electrons. The number of morpholine rings is 1. The highest BCUT2D eigenvalue weighted by molar-refractivity contribution is 7.89. The molecule has 0 bridgehead atoms. The maximum absolute atomic E-state index is 13.2. The number of rotatable bonds is 5. The van der Waals surface area contributed by atoms with Crippen LogP contribution in [0.1, 0.15) is 18.9 Å². The van der Waals surface area contributed by atoms with E-state index in [1.165, 1.54) is 0 Å². The van der Waals surface area contributed by atoms with Crippen molar-refractivity contribution in [2.45, 2.75) is 36.8 Å². The maximum Gasteiger partial charge on any atom is 0.243 e. The predicted octanol–water partition coefficient (Wildman–Crippen LogP) is 1.58. The average Bonchev–Trinajstić information content (AvgIpc) is 2.96. The number of hydrogen-bond acceptors (Lipinski definition) is 5. The molecule has 0 aromatic heterocycles. The smallest absolute Gasteiger partial charge is 0.243 e. The SMILES string of the molecule is CCOC[C@H]1C[C@]2(COCCN2S(=O)(=O)c2cccc(C)c2)CO1. The molecule has 2 fully saturated rings. The van der Waals surface area contributed by atoms with E-state index < -0.39 is 15.6 Å². The van der Waals surface area contributed by atoms with Gasteiger partial charge in [0, 0.05) is 13.2 Å². The van der Waals surface area contributed by atoms with Crippen LogP contribution in [0.25, 0.3) is 0 Å². The van der Waals surface area contributed by atoms with E-state index in [0.29, 0.717) is 50.9 Å². The summed E-state index contributed by atoms with van der Waals surface area (Å²) in [5, 5.41) is 0. The van der Waals surface area contributed by atoms with Gasteiger partial charge < -0.3 is 14.2 Å². The molecule has 0 saturated carbocycles. The largest absolute Gasteiger partial charge is 0.379 e. The summed E-state index contributed by atoms with van der Waals surface area (Å²) in [5.41, 5.74) is 0.290. The van der Waals surface area contributed by atoms with Crippen molar-refractivity contribution in [1.29, 1.82) is 0 Å². The Kier molecular flexibility index (Phi) is 5.27. The lowest BCUT2D eigenvalue weighted by molar-refractivity contribution is -0.0315. The fourth-order valence-electron chi connectivity index (χ4n) is 3.44. The first-order chi connectivity index (χ1) is 11.5. The van der Waals surface area contributed by atoms with Crippen molar-refractivity contribution < 1.29 is 22.6 Å². The first-order valence-electron chi connectivity index (χ1n) is 8.34. The number of benzene rings is 1. The first kappa shape index (κ1) is 17.8. The van der Waals surface area contributed by atoms with Crippen LogP contribution in [0.2, 0.25) is 0 Å². The van der Waals surface area contributed by atoms with E-state index in [0.717, 1.165) is 5.56 Å². The summed E-state index contributed by atoms with van der Waals surface area (Å²) in [5.74, 6) is 0. The summed E-state index contributed by atoms with van der Waals surface area (Å²) in [6.07, 6.45) is 0.500. The molecule has 1 spiro atoms. The molecule has 1 aromatic carbocycles. The first-order valence-corrected chi connectivity index (χ1v) is 9.78. The van der Waals surface area contributed by atoms with Crippen LogP contribution in [0.15, 0.2) is 29.2 Å². The van der Waals surface area contributed by atoms with E-state index in [4.69, 9.17) is 14.2 Å². The van der Waals surface area contributed by atoms with Crippen molar-refractivity contribution in [1.82, 2.24) is 4.31 Å². The van der Waals surface area contributed by atoms with Crippen molar-refractivity contribution in [2.75, 3.05) is 39.6 Å². The maximum atomic E-state index is 13.2. The van der Waals surface area contributed by atoms with Crippen molar-refractivity contribution in [3.8, 4) is 0 Å². The van der Waals surface area contributed by atoms with Gasteiger partial charge in [0.25, 0.3) is 0 Å². The van der Waals surface area contributed by atoms with Crippen molar-refractivity contribution in [3.63, 3.8) is 0 Å². The van der Waals surface area contributed by atoms with Crippen LogP contribution in [0.5, 0.6) is 0 Å². The average molecular weight is 355 g/mol. The summed E-state index contributed by atoms with van der Waals surface area (Å²) in [6.45, 7) is 6.39. The number of nitrogens with zero attached hydrogens (tertiary/aromatic N) is 1. The molecule has 0 aliphatic carbocycles. The Balaban J connectivity index is 1.87. The topological polar surface area (TPSA) is 65.1 Å². The Morgan fingerprint density at radius 1 is 1.38 bits per heavy atom. The van der Waals surface area contributed by atoms with Crippen LogP contribution in [-0.4, -0.2) is 63.9 Å². The van der Waals surface area contributed by atoms with Crippen LogP contribution in [0, 0.1) is 6.92 Å². The highest BCUT2D eigenvalue weighted by Crippen LogP contribution is 2.37. The number of sulfonamides is 1. The summed E-state index contributed by atoms with van der Waals surface area (Å²) in [4.78, 5) is 0.331. The molecule has 2 aliphatic heterocycles. The minimum Gasteiger partial charge on any atom is -0.379 e. The van der Waals surface area contributed by atoms with Gasteiger partial charge in [0.2, 0.25) is 10.0 Å². The van der Waals surface area contributed by atoms with Gasteiger partial charge in [-0.25, -0.2) is 8.42 Å². The molecule has 2 aliphatic rings. The third kappa shape index (κ3) is 3.36. The standard InChI is InChI=1S/C17H25NO5S/c1-3-21-11-15-10-17(13-23-15)12-22-8-7-18(17)24(19,20)16-6-4-5-14(2)9-16/h4-6,9,15H,3,7-8,10-13H2,1-2H3/t15-,17+/m1/s1. The van der Waals surface area contributed by atoms with Gasteiger partial charge >= 0.3 is 0 Å². The van der Waals surface area contributed by atoms with Crippen molar-refractivity contribution in [3.05, 3.63) is 29.8 Å². The summed E-state index contributed by atoms with van der Waals surface area (Å²) < 4.78 is 44.9. The lowest BCUT2D eigenvalue weighted by Crippen LogP contribution is -2.59. The van der Waals surface area contributed by atoms with Crippen LogP contribution < -0.4 is 0 Å². The lowest BCUT2D eigenvalue weighted by Gasteiger charge is -2.42. The Bertz CT molecular complexity index is 677. The second-order valence-corrected chi connectivity index (χ2v) is 8.33. The zero-order chi connectivity index (χ0) is 17.2. The molecule has 2 atom stereocenters. The van der Waals surface area contributed by atoms with Gasteiger partial charge in [0.15, 0.2) is 0 Å². The van der Waals surface area contributed by atoms with E-state index in [-0.39, 0.29) is 6.10 Å². The second-order valence-electron chi connectivity index (χ2n) is 6.47. The molecule has 0 unspecified atom stereocenters. The molecular weight excluding hydrogens is 330 g/mol. The molecule has 0 radical (unpaired) electrons. The Labute approximate surface area is 143 Å². The Morgan fingerprint density at radius 3 is 2.96 bits per heavy atom. The van der Waals surface area contributed by atoms with E-state index >= 15 is 0 Å². The fourth-order valence-corrected chi connectivity index (χ4v) is 5.29. The summed E-state index contributed by atoms with van der Waals surface area (Å²) in [6, 6.07) is 7.04. The van der Waals surface area contributed by atoms with Gasteiger partial charge in [-0.3, -0.25) is 0 Å². The number of hydrogen-bond donors (Lipinski definition) is 0. The van der Waals surface area contributed by atoms with E-state index in [9.17, 15) is 8.42 Å². The third-order valence-electron chi connectivity index (χ3n) is 4.62. The highest BCUT2D eigenvalue weighted by Gasteiger charge is 2.51. The molecule has 2 heterocycles. The van der Waals surface area contributed by atoms with Crippen LogP contribution >= 0.6 is 0 Å². The van der Waals surface area contributed by atoms with Crippen molar-refractivity contribution in [2.24, 2.45) is 0 Å². The predicted molar refractivity (Wildman–Crippen MR) is 89.5 cm³/mol. The molecule has 24 heavy (non-hydrogen) atoms. The van der Waals surface area contributed by atoms with Gasteiger partial charge in [0.1, 0.15) is 0 Å². The molecule has 7 heteroatoms. The minimum absolute atomic E-state index is 0.0955. The van der Waals surface area contributed by atoms with Gasteiger partial charge in [-0.1, -0.05) is 12.1 Å². The molecule has 0 N–H and O–H groups in total. The number of aryl methyl sites for hydroxylation is 1. The van der Waals surface area contributed by atoms with Crippen LogP contribution in [-0.2, 0) is 24.2 Å².